The van der Waals surface area contributed by atoms with Gasteiger partial charge in [-0.1, -0.05) is 303 Å². The number of rotatable bonds is 44. The average molecular weight is 661 g/mol. The lowest BCUT2D eigenvalue weighted by molar-refractivity contribution is 0.508. The SMILES string of the molecule is CCCCCCCCCCCCCCCCCCCCCCCCCCCCCCCCCCCCCCCCCCCCCCC. The van der Waals surface area contributed by atoms with Crippen LogP contribution in [0.4, 0.5) is 0 Å². The van der Waals surface area contributed by atoms with E-state index < -0.39 is 0 Å². The molecule has 0 rings (SSSR count). The summed E-state index contributed by atoms with van der Waals surface area (Å²) in [5.41, 5.74) is 0. The zero-order chi connectivity index (χ0) is 33.8. The maximum Gasteiger partial charge on any atom is -0.0533 e. The molecule has 0 aromatic heterocycles. The largest absolute Gasteiger partial charge is 0.0654 e. The van der Waals surface area contributed by atoms with Gasteiger partial charge in [0.2, 0.25) is 0 Å². The van der Waals surface area contributed by atoms with Crippen molar-refractivity contribution in [3.8, 4) is 0 Å². The van der Waals surface area contributed by atoms with Gasteiger partial charge in [0.15, 0.2) is 0 Å². The van der Waals surface area contributed by atoms with Crippen molar-refractivity contribution in [2.45, 2.75) is 303 Å². The molecule has 0 nitrogen and oxygen atoms in total. The minimum absolute atomic E-state index is 1.37. The summed E-state index contributed by atoms with van der Waals surface area (Å²) < 4.78 is 0. The predicted molar refractivity (Wildman–Crippen MR) is 219 cm³/mol. The first-order chi connectivity index (χ1) is 23.4. The summed E-state index contributed by atoms with van der Waals surface area (Å²) in [5.74, 6) is 0. The molecule has 0 aliphatic heterocycles. The molecule has 0 aromatic rings. The smallest absolute Gasteiger partial charge is 0.0533 e. The van der Waals surface area contributed by atoms with Crippen molar-refractivity contribution in [1.29, 1.82) is 0 Å². The van der Waals surface area contributed by atoms with Crippen LogP contribution < -0.4 is 0 Å². The maximum absolute atomic E-state index is 2.31. The molecule has 0 fully saturated rings. The number of hydrogen-bond donors (Lipinski definition) is 0. The van der Waals surface area contributed by atoms with E-state index in [2.05, 4.69) is 13.8 Å². The number of unbranched alkanes of at least 4 members (excludes halogenated alkanes) is 44. The molecule has 0 spiro atoms. The third-order valence-corrected chi connectivity index (χ3v) is 11.2. The lowest BCUT2D eigenvalue weighted by Gasteiger charge is -2.05. The Morgan fingerprint density at radius 1 is 0.106 bits per heavy atom. The van der Waals surface area contributed by atoms with Gasteiger partial charge in [0.25, 0.3) is 0 Å². The Labute approximate surface area is 302 Å². The van der Waals surface area contributed by atoms with Crippen LogP contribution in [0, 0.1) is 0 Å². The third-order valence-electron chi connectivity index (χ3n) is 11.2. The van der Waals surface area contributed by atoms with Crippen molar-refractivity contribution in [2.75, 3.05) is 0 Å². The average Bonchev–Trinajstić information content (AvgIpc) is 3.08. The third kappa shape index (κ3) is 46.0. The highest BCUT2D eigenvalue weighted by atomic mass is 14.0. The molecular weight excluding hydrogens is 565 g/mol. The summed E-state index contributed by atoms with van der Waals surface area (Å²) in [7, 11) is 0. The second kappa shape index (κ2) is 46.0. The van der Waals surface area contributed by atoms with E-state index in [4.69, 9.17) is 0 Å². The summed E-state index contributed by atoms with van der Waals surface area (Å²) in [6.45, 7) is 4.62. The van der Waals surface area contributed by atoms with Gasteiger partial charge in [0.1, 0.15) is 0 Å². The Morgan fingerprint density at radius 2 is 0.170 bits per heavy atom. The van der Waals surface area contributed by atoms with Gasteiger partial charge >= 0.3 is 0 Å². The van der Waals surface area contributed by atoms with Crippen LogP contribution >= 0.6 is 0 Å². The summed E-state index contributed by atoms with van der Waals surface area (Å²) in [6.07, 6.45) is 66.9. The van der Waals surface area contributed by atoms with E-state index in [1.807, 2.05) is 0 Å². The molecule has 0 amide bonds. The molecule has 0 aliphatic rings. The van der Waals surface area contributed by atoms with Crippen molar-refractivity contribution >= 4 is 0 Å². The van der Waals surface area contributed by atoms with Crippen LogP contribution in [0.2, 0.25) is 0 Å². The Hall–Kier alpha value is 0. The molecule has 0 atom stereocenters. The van der Waals surface area contributed by atoms with Crippen LogP contribution in [0.1, 0.15) is 303 Å². The van der Waals surface area contributed by atoms with Crippen molar-refractivity contribution in [2.24, 2.45) is 0 Å². The fraction of sp³-hybridized carbons (Fsp3) is 1.00. The summed E-state index contributed by atoms with van der Waals surface area (Å²) in [6, 6.07) is 0. The zero-order valence-electron chi connectivity index (χ0n) is 33.8. The van der Waals surface area contributed by atoms with Crippen molar-refractivity contribution in [1.82, 2.24) is 0 Å². The first kappa shape index (κ1) is 47.0. The lowest BCUT2D eigenvalue weighted by atomic mass is 10.0. The van der Waals surface area contributed by atoms with E-state index >= 15 is 0 Å². The number of hydrogen-bond acceptors (Lipinski definition) is 0. The molecule has 0 radical (unpaired) electrons. The summed E-state index contributed by atoms with van der Waals surface area (Å²) in [4.78, 5) is 0. The molecule has 0 heterocycles. The quantitative estimate of drug-likeness (QED) is 0.0571. The molecule has 0 heteroatoms. The van der Waals surface area contributed by atoms with Crippen LogP contribution in [0.15, 0.2) is 0 Å². The van der Waals surface area contributed by atoms with Gasteiger partial charge in [-0.2, -0.15) is 0 Å². The molecule has 0 saturated heterocycles. The van der Waals surface area contributed by atoms with Crippen molar-refractivity contribution < 1.29 is 0 Å². The highest BCUT2D eigenvalue weighted by Crippen LogP contribution is 2.18. The second-order valence-electron chi connectivity index (χ2n) is 16.2. The van der Waals surface area contributed by atoms with Crippen molar-refractivity contribution in [3.05, 3.63) is 0 Å². The van der Waals surface area contributed by atoms with Gasteiger partial charge in [0, 0.05) is 0 Å². The molecule has 0 aliphatic carbocycles. The van der Waals surface area contributed by atoms with E-state index in [1.165, 1.54) is 289 Å². The fourth-order valence-electron chi connectivity index (χ4n) is 7.75. The zero-order valence-corrected chi connectivity index (χ0v) is 33.8. The molecule has 284 valence electrons. The maximum atomic E-state index is 2.31. The molecule has 0 N–H and O–H groups in total. The molecule has 0 saturated carbocycles. The minimum Gasteiger partial charge on any atom is -0.0654 e. The van der Waals surface area contributed by atoms with Crippen LogP contribution in [0.3, 0.4) is 0 Å². The fourth-order valence-corrected chi connectivity index (χ4v) is 7.75. The first-order valence-electron chi connectivity index (χ1n) is 23.4. The van der Waals surface area contributed by atoms with Crippen LogP contribution in [-0.2, 0) is 0 Å². The van der Waals surface area contributed by atoms with Gasteiger partial charge in [0.05, 0.1) is 0 Å². The normalized spacial score (nSPS) is 11.6. The topological polar surface area (TPSA) is 0 Å². The van der Waals surface area contributed by atoms with E-state index in [0.29, 0.717) is 0 Å². The minimum atomic E-state index is 1.37. The molecule has 47 heavy (non-hydrogen) atoms. The molecular formula is C47H96. The molecule has 0 unspecified atom stereocenters. The summed E-state index contributed by atoms with van der Waals surface area (Å²) in [5, 5.41) is 0. The van der Waals surface area contributed by atoms with Crippen LogP contribution in [0.25, 0.3) is 0 Å². The van der Waals surface area contributed by atoms with E-state index in [0.717, 1.165) is 0 Å². The van der Waals surface area contributed by atoms with E-state index in [9.17, 15) is 0 Å². The Balaban J connectivity index is 3.03. The Kier molecular flexibility index (Phi) is 46.0. The Bertz CT molecular complexity index is 450. The van der Waals surface area contributed by atoms with Gasteiger partial charge in [-0.25, -0.2) is 0 Å². The van der Waals surface area contributed by atoms with E-state index in [-0.39, 0.29) is 0 Å². The molecule has 0 aromatic carbocycles. The second-order valence-corrected chi connectivity index (χ2v) is 16.2. The van der Waals surface area contributed by atoms with Crippen LogP contribution in [0.5, 0.6) is 0 Å². The van der Waals surface area contributed by atoms with Gasteiger partial charge in [-0.15, -0.1) is 0 Å². The predicted octanol–water partition coefficient (Wildman–Crippen LogP) is 18.6. The highest BCUT2D eigenvalue weighted by Gasteiger charge is 1.98. The van der Waals surface area contributed by atoms with Gasteiger partial charge in [-0.3, -0.25) is 0 Å². The standard InChI is InChI=1S/C47H96/c1-3-5-7-9-11-13-15-17-19-21-23-25-27-29-31-33-35-37-39-41-43-45-47-46-44-42-40-38-36-34-32-30-28-26-24-22-20-18-16-14-12-10-8-6-4-2/h3-47H2,1-2H3. The monoisotopic (exact) mass is 661 g/mol. The van der Waals surface area contributed by atoms with Crippen LogP contribution in [-0.4, -0.2) is 0 Å². The highest BCUT2D eigenvalue weighted by molar-refractivity contribution is 4.54. The van der Waals surface area contributed by atoms with E-state index in [1.54, 1.807) is 0 Å². The first-order valence-corrected chi connectivity index (χ1v) is 23.4. The summed E-state index contributed by atoms with van der Waals surface area (Å²) >= 11 is 0. The Morgan fingerprint density at radius 3 is 0.234 bits per heavy atom. The van der Waals surface area contributed by atoms with Gasteiger partial charge < -0.3 is 0 Å². The molecule has 0 bridgehead atoms. The van der Waals surface area contributed by atoms with Crippen molar-refractivity contribution in [3.63, 3.8) is 0 Å². The lowest BCUT2D eigenvalue weighted by Crippen LogP contribution is -1.85. The van der Waals surface area contributed by atoms with Gasteiger partial charge in [-0.05, 0) is 0 Å².